The first-order chi connectivity index (χ1) is 6.76. The number of thiazole rings is 1. The first kappa shape index (κ1) is 10.5. The van der Waals surface area contributed by atoms with Crippen LogP contribution in [0.3, 0.4) is 0 Å². The lowest BCUT2D eigenvalue weighted by atomic mass is 10.5. The van der Waals surface area contributed by atoms with Gasteiger partial charge in [0.1, 0.15) is 4.88 Å². The van der Waals surface area contributed by atoms with E-state index in [0.29, 0.717) is 16.7 Å². The molecule has 14 heavy (non-hydrogen) atoms. The molecule has 1 heterocycles. The van der Waals surface area contributed by atoms with Crippen molar-refractivity contribution < 1.29 is 14.3 Å². The van der Waals surface area contributed by atoms with Crippen LogP contribution in [0.2, 0.25) is 0 Å². The van der Waals surface area contributed by atoms with Gasteiger partial charge in [-0.2, -0.15) is 0 Å². The summed E-state index contributed by atoms with van der Waals surface area (Å²) in [7, 11) is 1.53. The van der Waals surface area contributed by atoms with Crippen molar-refractivity contribution in [3.63, 3.8) is 0 Å². The number of methoxy groups -OCH3 is 1. The fraction of sp³-hybridized carbons (Fsp3) is 0.333. The van der Waals surface area contributed by atoms with Crippen molar-refractivity contribution in [2.75, 3.05) is 13.7 Å². The van der Waals surface area contributed by atoms with Crippen LogP contribution in [-0.4, -0.2) is 24.7 Å². The molecule has 0 fully saturated rings. The highest BCUT2D eigenvalue weighted by atomic mass is 32.1. The molecule has 0 aliphatic rings. The highest BCUT2D eigenvalue weighted by molar-refractivity contribution is 7.13. The van der Waals surface area contributed by atoms with Crippen LogP contribution in [0.25, 0.3) is 0 Å². The van der Waals surface area contributed by atoms with E-state index in [1.807, 2.05) is 0 Å². The summed E-state index contributed by atoms with van der Waals surface area (Å²) in [5.41, 5.74) is 0. The van der Waals surface area contributed by atoms with Gasteiger partial charge >= 0.3 is 5.97 Å². The molecule has 1 aromatic rings. The molecule has 0 saturated heterocycles. The van der Waals surface area contributed by atoms with Crippen LogP contribution in [-0.2, 0) is 9.53 Å². The molecule has 0 spiro atoms. The molecule has 0 bridgehead atoms. The molecule has 4 nitrogen and oxygen atoms in total. The Kier molecular flexibility index (Phi) is 3.95. The Morgan fingerprint density at radius 3 is 3.07 bits per heavy atom. The van der Waals surface area contributed by atoms with Crippen molar-refractivity contribution in [2.24, 2.45) is 0 Å². The molecule has 0 aliphatic heterocycles. The van der Waals surface area contributed by atoms with Gasteiger partial charge in [-0.05, 0) is 12.8 Å². The second kappa shape index (κ2) is 5.25. The van der Waals surface area contributed by atoms with Crippen molar-refractivity contribution >= 4 is 17.3 Å². The predicted molar refractivity (Wildman–Crippen MR) is 52.2 cm³/mol. The Labute approximate surface area is 85.9 Å². The highest BCUT2D eigenvalue weighted by Gasteiger charge is 1.98. The minimum Gasteiger partial charge on any atom is -0.473 e. The van der Waals surface area contributed by atoms with Crippen molar-refractivity contribution in [1.29, 1.82) is 0 Å². The third kappa shape index (κ3) is 3.07. The summed E-state index contributed by atoms with van der Waals surface area (Å²) in [6, 6.07) is 0. The fourth-order valence-electron chi connectivity index (χ4n) is 0.690. The lowest BCUT2D eigenvalue weighted by Gasteiger charge is -1.89. The molecule has 5 heteroatoms. The lowest BCUT2D eigenvalue weighted by molar-refractivity contribution is -0.136. The number of ether oxygens (including phenoxy) is 2. The zero-order valence-corrected chi connectivity index (χ0v) is 8.68. The molecule has 1 rings (SSSR count). The average molecular weight is 211 g/mol. The summed E-state index contributed by atoms with van der Waals surface area (Å²) in [4.78, 5) is 15.4. The molecule has 0 N–H and O–H groups in total. The molecule has 0 amide bonds. The van der Waals surface area contributed by atoms with Gasteiger partial charge in [0.2, 0.25) is 0 Å². The van der Waals surface area contributed by atoms with Crippen LogP contribution in [0.1, 0.15) is 11.8 Å². The van der Waals surface area contributed by atoms with E-state index < -0.39 is 5.97 Å². The van der Waals surface area contributed by atoms with Crippen LogP contribution in [0, 0.1) is 11.8 Å². The van der Waals surface area contributed by atoms with E-state index in [-0.39, 0.29) is 0 Å². The predicted octanol–water partition coefficient (Wildman–Crippen LogP) is 1.07. The van der Waals surface area contributed by atoms with Gasteiger partial charge in [-0.15, -0.1) is 0 Å². The zero-order chi connectivity index (χ0) is 10.4. The molecular weight excluding hydrogens is 202 g/mol. The van der Waals surface area contributed by atoms with E-state index in [2.05, 4.69) is 21.6 Å². The molecule has 0 aromatic carbocycles. The lowest BCUT2D eigenvalue weighted by Crippen LogP contribution is -1.99. The largest absolute Gasteiger partial charge is 0.473 e. The first-order valence-corrected chi connectivity index (χ1v) is 4.76. The molecular formula is C9H9NO3S. The number of nitrogens with zero attached hydrogens (tertiary/aromatic N) is 1. The Bertz CT molecular complexity index is 375. The quantitative estimate of drug-likeness (QED) is 0.542. The van der Waals surface area contributed by atoms with Gasteiger partial charge in [0, 0.05) is 5.92 Å². The standard InChI is InChI=1S/C9H9NO3S/c1-3-13-8(11)5-4-7-6-10-9(12-2)14-7/h6H,3H2,1-2H3. The van der Waals surface area contributed by atoms with E-state index >= 15 is 0 Å². The molecule has 0 atom stereocenters. The molecule has 0 saturated carbocycles. The summed E-state index contributed by atoms with van der Waals surface area (Å²) in [5.74, 6) is 4.45. The van der Waals surface area contributed by atoms with Crippen LogP contribution < -0.4 is 4.74 Å². The normalized spacial score (nSPS) is 8.71. The number of hydrogen-bond acceptors (Lipinski definition) is 5. The third-order valence-electron chi connectivity index (χ3n) is 1.22. The van der Waals surface area contributed by atoms with E-state index in [0.717, 1.165) is 0 Å². The number of carbonyl (C=O) groups excluding carboxylic acids is 1. The molecule has 0 radical (unpaired) electrons. The number of rotatable bonds is 2. The molecule has 1 aromatic heterocycles. The van der Waals surface area contributed by atoms with Gasteiger partial charge < -0.3 is 9.47 Å². The average Bonchev–Trinajstić information content (AvgIpc) is 2.63. The summed E-state index contributed by atoms with van der Waals surface area (Å²) in [6.45, 7) is 2.06. The van der Waals surface area contributed by atoms with E-state index in [4.69, 9.17) is 4.74 Å². The van der Waals surface area contributed by atoms with Crippen LogP contribution in [0.4, 0.5) is 0 Å². The van der Waals surface area contributed by atoms with Gasteiger partial charge in [0.15, 0.2) is 0 Å². The molecule has 74 valence electrons. The maximum atomic E-state index is 10.8. The summed E-state index contributed by atoms with van der Waals surface area (Å²) in [5, 5.41) is 0.526. The first-order valence-electron chi connectivity index (χ1n) is 3.95. The Morgan fingerprint density at radius 2 is 2.50 bits per heavy atom. The second-order valence-electron chi connectivity index (χ2n) is 2.17. The van der Waals surface area contributed by atoms with E-state index in [1.165, 1.54) is 18.4 Å². The smallest absolute Gasteiger partial charge is 0.384 e. The second-order valence-corrected chi connectivity index (χ2v) is 3.16. The van der Waals surface area contributed by atoms with Gasteiger partial charge in [-0.3, -0.25) is 0 Å². The topological polar surface area (TPSA) is 48.4 Å². The molecule has 0 aliphatic carbocycles. The maximum absolute atomic E-state index is 10.8. The van der Waals surface area contributed by atoms with Gasteiger partial charge in [0.05, 0.1) is 19.9 Å². The highest BCUT2D eigenvalue weighted by Crippen LogP contribution is 2.18. The number of aromatic nitrogens is 1. The van der Waals surface area contributed by atoms with Crippen molar-refractivity contribution in [2.45, 2.75) is 6.92 Å². The van der Waals surface area contributed by atoms with Crippen LogP contribution >= 0.6 is 11.3 Å². The van der Waals surface area contributed by atoms with Gasteiger partial charge in [-0.1, -0.05) is 11.3 Å². The number of esters is 1. The van der Waals surface area contributed by atoms with Crippen molar-refractivity contribution in [3.8, 4) is 17.0 Å². The van der Waals surface area contributed by atoms with E-state index in [9.17, 15) is 4.79 Å². The fourth-order valence-corrected chi connectivity index (χ4v) is 1.27. The zero-order valence-electron chi connectivity index (χ0n) is 7.86. The minimum absolute atomic E-state index is 0.333. The van der Waals surface area contributed by atoms with Crippen molar-refractivity contribution in [3.05, 3.63) is 11.1 Å². The van der Waals surface area contributed by atoms with Gasteiger partial charge in [0.25, 0.3) is 5.19 Å². The third-order valence-corrected chi connectivity index (χ3v) is 2.10. The summed E-state index contributed by atoms with van der Waals surface area (Å²) < 4.78 is 9.51. The number of carbonyl (C=O) groups is 1. The SMILES string of the molecule is CCOC(=O)C#Cc1cnc(OC)s1. The Balaban J connectivity index is 2.62. The van der Waals surface area contributed by atoms with Gasteiger partial charge in [-0.25, -0.2) is 9.78 Å². The summed E-state index contributed by atoms with van der Waals surface area (Å²) in [6.07, 6.45) is 1.55. The van der Waals surface area contributed by atoms with Crippen LogP contribution in [0.5, 0.6) is 5.19 Å². The minimum atomic E-state index is -0.528. The maximum Gasteiger partial charge on any atom is 0.384 e. The Morgan fingerprint density at radius 1 is 1.71 bits per heavy atom. The monoisotopic (exact) mass is 211 g/mol. The molecule has 0 unspecified atom stereocenters. The summed E-state index contributed by atoms with van der Waals surface area (Å²) >= 11 is 1.28. The number of hydrogen-bond donors (Lipinski definition) is 0. The van der Waals surface area contributed by atoms with Crippen molar-refractivity contribution in [1.82, 2.24) is 4.98 Å². The van der Waals surface area contributed by atoms with E-state index in [1.54, 1.807) is 13.1 Å². The van der Waals surface area contributed by atoms with Crippen LogP contribution in [0.15, 0.2) is 6.20 Å². The Hall–Kier alpha value is -1.54.